The second-order valence-electron chi connectivity index (χ2n) is 7.97. The van der Waals surface area contributed by atoms with Crippen molar-refractivity contribution in [1.82, 2.24) is 0 Å². The number of carbonyl (C=O) groups excluding carboxylic acids is 2. The molecule has 4 nitrogen and oxygen atoms in total. The van der Waals surface area contributed by atoms with E-state index < -0.39 is 11.7 Å². The third-order valence-corrected chi connectivity index (χ3v) is 6.74. The van der Waals surface area contributed by atoms with Gasteiger partial charge < -0.3 is 9.47 Å². The van der Waals surface area contributed by atoms with Crippen LogP contribution in [0, 0.1) is 17.7 Å². The van der Waals surface area contributed by atoms with E-state index in [2.05, 4.69) is 0 Å². The third kappa shape index (κ3) is 2.90. The number of ether oxygens (including phenoxy) is 2. The molecule has 2 aromatic carbocycles. The van der Waals surface area contributed by atoms with Gasteiger partial charge >= 0.3 is 0 Å². The van der Waals surface area contributed by atoms with Gasteiger partial charge in [-0.1, -0.05) is 24.6 Å². The number of hydrogen-bond donors (Lipinski definition) is 0. The maximum absolute atomic E-state index is 13.7. The molecule has 2 bridgehead atoms. The van der Waals surface area contributed by atoms with Crippen LogP contribution in [0.2, 0.25) is 5.02 Å². The normalized spacial score (nSPS) is 30.1. The minimum atomic E-state index is -0.766. The fraction of sp³-hybridized carbons (Fsp3) is 0.391. The smallest absolute Gasteiger partial charge is 0.154 e. The average Bonchev–Trinajstić information content (AvgIpc) is 3.39. The van der Waals surface area contributed by atoms with E-state index in [0.29, 0.717) is 23.5 Å². The Kier molecular flexibility index (Phi) is 4.48. The predicted molar refractivity (Wildman–Crippen MR) is 105 cm³/mol. The molecule has 3 aliphatic rings. The minimum absolute atomic E-state index is 0.0184. The van der Waals surface area contributed by atoms with Gasteiger partial charge in [0.1, 0.15) is 23.2 Å². The maximum atomic E-state index is 13.7. The zero-order chi connectivity index (χ0) is 20.3. The van der Waals surface area contributed by atoms with Crippen LogP contribution in [-0.4, -0.2) is 23.8 Å². The lowest BCUT2D eigenvalue weighted by Gasteiger charge is -2.17. The molecule has 2 heterocycles. The molecule has 2 aliphatic heterocycles. The van der Waals surface area contributed by atoms with Crippen LogP contribution in [0.25, 0.3) is 0 Å². The van der Waals surface area contributed by atoms with Crippen molar-refractivity contribution in [2.24, 2.45) is 11.8 Å². The highest BCUT2D eigenvalue weighted by Gasteiger charge is 2.63. The Morgan fingerprint density at radius 2 is 1.66 bits per heavy atom. The van der Waals surface area contributed by atoms with E-state index in [-0.39, 0.29) is 40.6 Å². The van der Waals surface area contributed by atoms with Crippen LogP contribution in [0.4, 0.5) is 4.39 Å². The molecule has 1 saturated carbocycles. The minimum Gasteiger partial charge on any atom is -0.457 e. The van der Waals surface area contributed by atoms with Gasteiger partial charge in [-0.3, -0.25) is 9.59 Å². The van der Waals surface area contributed by atoms with Crippen molar-refractivity contribution in [1.29, 1.82) is 0 Å². The van der Waals surface area contributed by atoms with E-state index in [1.54, 1.807) is 18.2 Å². The topological polar surface area (TPSA) is 52.6 Å². The second-order valence-corrected chi connectivity index (χ2v) is 8.38. The first-order valence-electron chi connectivity index (χ1n) is 9.96. The summed E-state index contributed by atoms with van der Waals surface area (Å²) in [5.41, 5.74) is 1.64. The number of benzene rings is 2. The number of Topliss-reactive ketones (excluding diaryl/α,β-unsaturated/α-hetero) is 2. The van der Waals surface area contributed by atoms with E-state index in [9.17, 15) is 14.0 Å². The van der Waals surface area contributed by atoms with Crippen LogP contribution >= 0.6 is 11.6 Å². The standard InChI is InChI=1S/C23H20ClFO4/c1-2-11-3-4-12(28-13-5-6-15(24)16(25)10-13)9-14(11)19-22(26)20-17-7-8-18(29-17)21(20)23(19)27/h3-6,9-10,17-21H,2,7-8H2,1H3/t17-,18+,19?,20-,21+. The molecule has 6 heteroatoms. The van der Waals surface area contributed by atoms with Crippen molar-refractivity contribution in [2.75, 3.05) is 0 Å². The second kappa shape index (κ2) is 6.92. The fourth-order valence-electron chi connectivity index (χ4n) is 5.14. The number of carbonyl (C=O) groups is 2. The Balaban J connectivity index is 1.49. The van der Waals surface area contributed by atoms with E-state index in [4.69, 9.17) is 21.1 Å². The Bertz CT molecular complexity index is 992. The molecule has 1 unspecified atom stereocenters. The van der Waals surface area contributed by atoms with E-state index >= 15 is 0 Å². The lowest BCUT2D eigenvalue weighted by atomic mass is 9.81. The van der Waals surface area contributed by atoms with Crippen molar-refractivity contribution in [3.8, 4) is 11.5 Å². The predicted octanol–water partition coefficient (Wildman–Crippen LogP) is 4.86. The molecule has 0 aromatic heterocycles. The Hall–Kier alpha value is -2.24. The van der Waals surface area contributed by atoms with E-state index in [0.717, 1.165) is 18.4 Å². The molecule has 150 valence electrons. The first kappa shape index (κ1) is 18.8. The van der Waals surface area contributed by atoms with Crippen LogP contribution < -0.4 is 4.74 Å². The number of fused-ring (bicyclic) bond motifs is 5. The summed E-state index contributed by atoms with van der Waals surface area (Å²) in [6.07, 6.45) is 2.16. The van der Waals surface area contributed by atoms with Gasteiger partial charge in [0.05, 0.1) is 29.1 Å². The van der Waals surface area contributed by atoms with Gasteiger partial charge in [-0.2, -0.15) is 0 Å². The highest BCUT2D eigenvalue weighted by Crippen LogP contribution is 2.52. The van der Waals surface area contributed by atoms with Crippen molar-refractivity contribution in [3.05, 3.63) is 58.4 Å². The molecule has 0 amide bonds. The van der Waals surface area contributed by atoms with Crippen LogP contribution in [0.3, 0.4) is 0 Å². The first-order chi connectivity index (χ1) is 14.0. The number of halogens is 2. The summed E-state index contributed by atoms with van der Waals surface area (Å²) in [7, 11) is 0. The van der Waals surface area contributed by atoms with Crippen LogP contribution in [-0.2, 0) is 20.7 Å². The molecule has 5 rings (SSSR count). The SMILES string of the molecule is CCc1ccc(Oc2ccc(Cl)c(F)c2)cc1C1C(=O)[C@@H]2[C@H](C1=O)[C@H]1CC[C@@H]2O1. The van der Waals surface area contributed by atoms with Gasteiger partial charge in [0.15, 0.2) is 11.6 Å². The summed E-state index contributed by atoms with van der Waals surface area (Å²) in [6, 6.07) is 9.60. The monoisotopic (exact) mass is 414 g/mol. The van der Waals surface area contributed by atoms with Gasteiger partial charge in [-0.05, 0) is 54.7 Å². The Morgan fingerprint density at radius 3 is 2.28 bits per heavy atom. The van der Waals surface area contributed by atoms with Crippen molar-refractivity contribution < 1.29 is 23.5 Å². The van der Waals surface area contributed by atoms with Crippen LogP contribution in [0.15, 0.2) is 36.4 Å². The van der Waals surface area contributed by atoms with E-state index in [1.165, 1.54) is 12.1 Å². The summed E-state index contributed by atoms with van der Waals surface area (Å²) >= 11 is 5.73. The molecule has 5 atom stereocenters. The van der Waals surface area contributed by atoms with Gasteiger partial charge in [-0.25, -0.2) is 4.39 Å². The summed E-state index contributed by atoms with van der Waals surface area (Å²) in [4.78, 5) is 26.4. The maximum Gasteiger partial charge on any atom is 0.154 e. The van der Waals surface area contributed by atoms with Crippen molar-refractivity contribution in [3.63, 3.8) is 0 Å². The summed E-state index contributed by atoms with van der Waals surface area (Å²) in [5.74, 6) is -1.27. The van der Waals surface area contributed by atoms with Crippen LogP contribution in [0.1, 0.15) is 36.8 Å². The highest BCUT2D eigenvalue weighted by atomic mass is 35.5. The molecule has 1 aliphatic carbocycles. The zero-order valence-corrected chi connectivity index (χ0v) is 16.6. The van der Waals surface area contributed by atoms with Crippen LogP contribution in [0.5, 0.6) is 11.5 Å². The lowest BCUT2D eigenvalue weighted by Crippen LogP contribution is -2.29. The molecule has 2 aromatic rings. The molecule has 0 radical (unpaired) electrons. The van der Waals surface area contributed by atoms with Gasteiger partial charge in [0.25, 0.3) is 0 Å². The average molecular weight is 415 g/mol. The lowest BCUT2D eigenvalue weighted by molar-refractivity contribution is -0.127. The molecular formula is C23H20ClFO4. The van der Waals surface area contributed by atoms with Gasteiger partial charge in [0.2, 0.25) is 0 Å². The summed E-state index contributed by atoms with van der Waals surface area (Å²) < 4.78 is 25.3. The molecule has 0 N–H and O–H groups in total. The third-order valence-electron chi connectivity index (χ3n) is 6.44. The zero-order valence-electron chi connectivity index (χ0n) is 15.9. The largest absolute Gasteiger partial charge is 0.457 e. The number of aryl methyl sites for hydroxylation is 1. The first-order valence-corrected chi connectivity index (χ1v) is 10.3. The number of rotatable bonds is 4. The van der Waals surface area contributed by atoms with Crippen molar-refractivity contribution >= 4 is 23.2 Å². The van der Waals surface area contributed by atoms with E-state index in [1.807, 2.05) is 13.0 Å². The molecule has 3 fully saturated rings. The molecule has 2 saturated heterocycles. The number of ketones is 2. The summed E-state index contributed by atoms with van der Waals surface area (Å²) in [6.45, 7) is 1.99. The fourth-order valence-corrected chi connectivity index (χ4v) is 5.25. The quantitative estimate of drug-likeness (QED) is 0.670. The van der Waals surface area contributed by atoms with Gasteiger partial charge in [0, 0.05) is 6.07 Å². The van der Waals surface area contributed by atoms with Gasteiger partial charge in [-0.15, -0.1) is 0 Å². The van der Waals surface area contributed by atoms with Crippen molar-refractivity contribution in [2.45, 2.75) is 44.3 Å². The highest BCUT2D eigenvalue weighted by molar-refractivity contribution is 6.30. The molecule has 29 heavy (non-hydrogen) atoms. The molecule has 0 spiro atoms. The molecular weight excluding hydrogens is 395 g/mol. The number of hydrogen-bond acceptors (Lipinski definition) is 4. The summed E-state index contributed by atoms with van der Waals surface area (Å²) in [5, 5.41) is 0.0184. The Morgan fingerprint density at radius 1 is 1.03 bits per heavy atom. The Labute approximate surface area is 173 Å².